The molecule has 0 radical (unpaired) electrons. The lowest BCUT2D eigenvalue weighted by Gasteiger charge is -2.36. The van der Waals surface area contributed by atoms with Crippen LogP contribution < -0.4 is 16.0 Å². The summed E-state index contributed by atoms with van der Waals surface area (Å²) in [5, 5.41) is 2.82. The first-order chi connectivity index (χ1) is 9.20. The van der Waals surface area contributed by atoms with Crippen molar-refractivity contribution in [2.75, 3.05) is 49.9 Å². The molecular formula is C13H21N5O. The SMILES string of the molecule is CCNC(=O)CN1CCN(c2ccncc2N)CC1. The fraction of sp³-hybridized carbons (Fsp3) is 0.538. The van der Waals surface area contributed by atoms with E-state index in [1.807, 2.05) is 13.0 Å². The van der Waals surface area contributed by atoms with E-state index < -0.39 is 0 Å². The molecule has 2 heterocycles. The fourth-order valence-corrected chi connectivity index (χ4v) is 2.29. The molecule has 1 saturated heterocycles. The monoisotopic (exact) mass is 263 g/mol. The highest BCUT2D eigenvalue weighted by Gasteiger charge is 2.19. The number of rotatable bonds is 4. The molecule has 0 unspecified atom stereocenters. The number of nitrogen functional groups attached to an aromatic ring is 1. The maximum atomic E-state index is 11.5. The number of likely N-dealkylation sites (N-methyl/N-ethyl adjacent to an activating group) is 1. The highest BCUT2D eigenvalue weighted by molar-refractivity contribution is 5.78. The van der Waals surface area contributed by atoms with Crippen molar-refractivity contribution >= 4 is 17.3 Å². The van der Waals surface area contributed by atoms with Gasteiger partial charge in [0.05, 0.1) is 24.1 Å². The zero-order valence-electron chi connectivity index (χ0n) is 11.3. The van der Waals surface area contributed by atoms with Gasteiger partial charge in [0.15, 0.2) is 0 Å². The Kier molecular flexibility index (Phi) is 4.57. The number of aromatic nitrogens is 1. The first kappa shape index (κ1) is 13.6. The predicted molar refractivity (Wildman–Crippen MR) is 76.0 cm³/mol. The Morgan fingerprint density at radius 1 is 1.42 bits per heavy atom. The normalized spacial score (nSPS) is 16.4. The van der Waals surface area contributed by atoms with E-state index in [4.69, 9.17) is 5.73 Å². The quantitative estimate of drug-likeness (QED) is 0.795. The van der Waals surface area contributed by atoms with Gasteiger partial charge in [-0.2, -0.15) is 0 Å². The molecule has 0 aromatic carbocycles. The molecule has 3 N–H and O–H groups in total. The van der Waals surface area contributed by atoms with Gasteiger partial charge in [-0.25, -0.2) is 0 Å². The van der Waals surface area contributed by atoms with E-state index in [1.54, 1.807) is 12.4 Å². The molecule has 0 saturated carbocycles. The van der Waals surface area contributed by atoms with Gasteiger partial charge in [0, 0.05) is 38.9 Å². The number of carbonyl (C=O) groups is 1. The van der Waals surface area contributed by atoms with Crippen LogP contribution in [0.5, 0.6) is 0 Å². The molecule has 0 aliphatic carbocycles. The van der Waals surface area contributed by atoms with E-state index in [2.05, 4.69) is 20.1 Å². The number of anilines is 2. The molecule has 6 heteroatoms. The van der Waals surface area contributed by atoms with E-state index >= 15 is 0 Å². The number of hydrogen-bond donors (Lipinski definition) is 2. The van der Waals surface area contributed by atoms with Crippen LogP contribution in [0.4, 0.5) is 11.4 Å². The molecule has 1 aromatic heterocycles. The Balaban J connectivity index is 1.86. The first-order valence-corrected chi connectivity index (χ1v) is 6.64. The summed E-state index contributed by atoms with van der Waals surface area (Å²) in [6, 6.07) is 1.94. The van der Waals surface area contributed by atoms with Crippen molar-refractivity contribution in [3.05, 3.63) is 18.5 Å². The summed E-state index contributed by atoms with van der Waals surface area (Å²) in [7, 11) is 0. The van der Waals surface area contributed by atoms with E-state index in [0.29, 0.717) is 18.8 Å². The minimum Gasteiger partial charge on any atom is -0.396 e. The average molecular weight is 263 g/mol. The van der Waals surface area contributed by atoms with E-state index in [1.165, 1.54) is 0 Å². The summed E-state index contributed by atoms with van der Waals surface area (Å²) in [6.45, 7) is 6.61. The Morgan fingerprint density at radius 2 is 2.16 bits per heavy atom. The highest BCUT2D eigenvalue weighted by atomic mass is 16.2. The van der Waals surface area contributed by atoms with Gasteiger partial charge >= 0.3 is 0 Å². The zero-order chi connectivity index (χ0) is 13.7. The molecule has 1 aliphatic heterocycles. The lowest BCUT2D eigenvalue weighted by Crippen LogP contribution is -2.49. The van der Waals surface area contributed by atoms with Crippen molar-refractivity contribution in [3.63, 3.8) is 0 Å². The standard InChI is InChI=1S/C13H21N5O/c1-2-16-13(19)10-17-5-7-18(8-6-17)12-3-4-15-9-11(12)14/h3-4,9H,2,5-8,10,14H2,1H3,(H,16,19). The van der Waals surface area contributed by atoms with Crippen molar-refractivity contribution in [2.24, 2.45) is 0 Å². The second-order valence-electron chi connectivity index (χ2n) is 4.65. The minimum atomic E-state index is 0.0966. The Morgan fingerprint density at radius 3 is 2.79 bits per heavy atom. The second-order valence-corrected chi connectivity index (χ2v) is 4.65. The summed E-state index contributed by atoms with van der Waals surface area (Å²) >= 11 is 0. The fourth-order valence-electron chi connectivity index (χ4n) is 2.29. The second kappa shape index (κ2) is 6.38. The maximum absolute atomic E-state index is 11.5. The van der Waals surface area contributed by atoms with Crippen LogP contribution in [0.3, 0.4) is 0 Å². The number of piperazine rings is 1. The number of nitrogens with two attached hydrogens (primary N) is 1. The molecule has 1 aromatic rings. The molecular weight excluding hydrogens is 242 g/mol. The molecule has 0 bridgehead atoms. The molecule has 104 valence electrons. The van der Waals surface area contributed by atoms with Gasteiger partial charge in [-0.05, 0) is 13.0 Å². The minimum absolute atomic E-state index is 0.0966. The molecule has 1 aliphatic rings. The van der Waals surface area contributed by atoms with Gasteiger partial charge in [0.1, 0.15) is 0 Å². The number of hydrogen-bond acceptors (Lipinski definition) is 5. The third-order valence-corrected chi connectivity index (χ3v) is 3.28. The Bertz CT molecular complexity index is 429. The topological polar surface area (TPSA) is 74.5 Å². The maximum Gasteiger partial charge on any atom is 0.234 e. The number of amides is 1. The van der Waals surface area contributed by atoms with Gasteiger partial charge < -0.3 is 16.0 Å². The molecule has 0 atom stereocenters. The van der Waals surface area contributed by atoms with Crippen LogP contribution in [0, 0.1) is 0 Å². The Labute approximate surface area is 113 Å². The van der Waals surface area contributed by atoms with Crippen molar-refractivity contribution in [1.82, 2.24) is 15.2 Å². The Hall–Kier alpha value is -1.82. The van der Waals surface area contributed by atoms with Gasteiger partial charge in [-0.3, -0.25) is 14.7 Å². The highest BCUT2D eigenvalue weighted by Crippen LogP contribution is 2.22. The van der Waals surface area contributed by atoms with Crippen molar-refractivity contribution in [2.45, 2.75) is 6.92 Å². The molecule has 6 nitrogen and oxygen atoms in total. The van der Waals surface area contributed by atoms with Crippen LogP contribution in [0.1, 0.15) is 6.92 Å². The average Bonchev–Trinajstić information content (AvgIpc) is 2.41. The van der Waals surface area contributed by atoms with Crippen LogP contribution in [0.2, 0.25) is 0 Å². The largest absolute Gasteiger partial charge is 0.396 e. The summed E-state index contributed by atoms with van der Waals surface area (Å²) in [5.41, 5.74) is 7.67. The smallest absolute Gasteiger partial charge is 0.234 e. The van der Waals surface area contributed by atoms with Crippen molar-refractivity contribution in [1.29, 1.82) is 0 Å². The van der Waals surface area contributed by atoms with Gasteiger partial charge in [-0.1, -0.05) is 0 Å². The van der Waals surface area contributed by atoms with E-state index in [0.717, 1.165) is 31.9 Å². The summed E-state index contributed by atoms with van der Waals surface area (Å²) in [6.07, 6.45) is 3.43. The number of nitrogens with one attached hydrogen (secondary N) is 1. The van der Waals surface area contributed by atoms with Crippen molar-refractivity contribution < 1.29 is 4.79 Å². The van der Waals surface area contributed by atoms with Gasteiger partial charge in [-0.15, -0.1) is 0 Å². The van der Waals surface area contributed by atoms with Crippen LogP contribution in [0.15, 0.2) is 18.5 Å². The summed E-state index contributed by atoms with van der Waals surface area (Å²) in [5.74, 6) is 0.0966. The lowest BCUT2D eigenvalue weighted by molar-refractivity contribution is -0.122. The van der Waals surface area contributed by atoms with Gasteiger partial charge in [0.25, 0.3) is 0 Å². The van der Waals surface area contributed by atoms with Crippen LogP contribution in [-0.2, 0) is 4.79 Å². The van der Waals surface area contributed by atoms with E-state index in [-0.39, 0.29) is 5.91 Å². The molecule has 19 heavy (non-hydrogen) atoms. The summed E-state index contributed by atoms with van der Waals surface area (Å²) < 4.78 is 0. The zero-order valence-corrected chi connectivity index (χ0v) is 11.3. The number of nitrogens with zero attached hydrogens (tertiary/aromatic N) is 3. The van der Waals surface area contributed by atoms with Crippen molar-refractivity contribution in [3.8, 4) is 0 Å². The predicted octanol–water partition coefficient (Wildman–Crippen LogP) is -0.0781. The third-order valence-electron chi connectivity index (χ3n) is 3.28. The molecule has 1 fully saturated rings. The first-order valence-electron chi connectivity index (χ1n) is 6.64. The van der Waals surface area contributed by atoms with Gasteiger partial charge in [0.2, 0.25) is 5.91 Å². The molecule has 1 amide bonds. The number of pyridine rings is 1. The third kappa shape index (κ3) is 3.57. The lowest BCUT2D eigenvalue weighted by atomic mass is 10.2. The number of carbonyl (C=O) groups excluding carboxylic acids is 1. The van der Waals surface area contributed by atoms with Crippen LogP contribution in [0.25, 0.3) is 0 Å². The summed E-state index contributed by atoms with van der Waals surface area (Å²) in [4.78, 5) is 19.9. The van der Waals surface area contributed by atoms with E-state index in [9.17, 15) is 4.79 Å². The molecule has 2 rings (SSSR count). The van der Waals surface area contributed by atoms with Crippen LogP contribution in [-0.4, -0.2) is 55.1 Å². The molecule has 0 spiro atoms. The van der Waals surface area contributed by atoms with Crippen LogP contribution >= 0.6 is 0 Å².